The molecule has 0 saturated carbocycles. The van der Waals surface area contributed by atoms with Crippen molar-refractivity contribution in [3.05, 3.63) is 58.7 Å². The van der Waals surface area contributed by atoms with Crippen LogP contribution in [0.15, 0.2) is 42.5 Å². The van der Waals surface area contributed by atoms with Crippen molar-refractivity contribution >= 4 is 29.1 Å². The van der Waals surface area contributed by atoms with Gasteiger partial charge in [0.1, 0.15) is 0 Å². The van der Waals surface area contributed by atoms with Crippen LogP contribution < -0.4 is 10.2 Å². The van der Waals surface area contributed by atoms with Gasteiger partial charge in [-0.05, 0) is 49.6 Å². The number of nitrogens with one attached hydrogen (secondary N) is 1. The molecule has 27 heavy (non-hydrogen) atoms. The summed E-state index contributed by atoms with van der Waals surface area (Å²) in [6, 6.07) is 13.5. The molecule has 0 bridgehead atoms. The maximum Gasteiger partial charge on any atom is 0.231 e. The molecule has 0 unspecified atom stereocenters. The van der Waals surface area contributed by atoms with E-state index in [-0.39, 0.29) is 11.8 Å². The summed E-state index contributed by atoms with van der Waals surface area (Å²) in [7, 11) is 0. The average Bonchev–Trinajstić information content (AvgIpc) is 3.13. The van der Waals surface area contributed by atoms with Crippen LogP contribution in [0.3, 0.4) is 0 Å². The Balaban J connectivity index is 1.44. The fraction of sp³-hybridized carbons (Fsp3) is 0.350. The lowest BCUT2D eigenvalue weighted by atomic mass is 9.97. The van der Waals surface area contributed by atoms with Crippen LogP contribution in [0.5, 0.6) is 0 Å². The van der Waals surface area contributed by atoms with E-state index >= 15 is 0 Å². The van der Waals surface area contributed by atoms with Crippen molar-refractivity contribution in [2.75, 3.05) is 18.0 Å². The fourth-order valence-corrected chi connectivity index (χ4v) is 3.72. The van der Waals surface area contributed by atoms with Crippen LogP contribution in [0.4, 0.5) is 5.95 Å². The number of carbonyl (C=O) groups is 1. The number of hydrogen-bond donors (Lipinski definition) is 1. The molecule has 1 aliphatic heterocycles. The molecule has 1 N–H and O–H groups in total. The summed E-state index contributed by atoms with van der Waals surface area (Å²) < 4.78 is 2.05. The van der Waals surface area contributed by atoms with Crippen LogP contribution in [0.2, 0.25) is 5.02 Å². The second kappa shape index (κ2) is 7.56. The molecule has 6 nitrogen and oxygen atoms in total. The highest BCUT2D eigenvalue weighted by Gasteiger charge is 2.28. The Bertz CT molecular complexity index is 953. The van der Waals surface area contributed by atoms with E-state index in [0.29, 0.717) is 18.1 Å². The van der Waals surface area contributed by atoms with Crippen molar-refractivity contribution in [3.8, 4) is 0 Å². The summed E-state index contributed by atoms with van der Waals surface area (Å²) in [5.41, 5.74) is 2.96. The molecule has 0 aliphatic carbocycles. The first-order valence-electron chi connectivity index (χ1n) is 9.19. The fourth-order valence-electron chi connectivity index (χ4n) is 3.60. The molecular weight excluding hydrogens is 362 g/mol. The number of fused-ring (bicyclic) bond motifs is 1. The zero-order valence-corrected chi connectivity index (χ0v) is 16.0. The number of rotatable bonds is 4. The second-order valence-corrected chi connectivity index (χ2v) is 7.43. The molecule has 1 fully saturated rings. The number of aryl methyl sites for hydroxylation is 1. The van der Waals surface area contributed by atoms with Gasteiger partial charge < -0.3 is 10.2 Å². The molecule has 7 heteroatoms. The number of carbonyl (C=O) groups excluding carboxylic acids is 1. The molecule has 3 aromatic rings. The minimum Gasteiger partial charge on any atom is -0.352 e. The SMILES string of the molecule is Cc1cccc2nnc(N3CCC[C@H](C(=O)NCc4ccc(Cl)cc4)C3)n12. The van der Waals surface area contributed by atoms with Gasteiger partial charge in [-0.1, -0.05) is 29.8 Å². The first-order chi connectivity index (χ1) is 13.1. The lowest BCUT2D eigenvalue weighted by Crippen LogP contribution is -2.43. The van der Waals surface area contributed by atoms with E-state index < -0.39 is 0 Å². The van der Waals surface area contributed by atoms with E-state index in [1.807, 2.05) is 53.8 Å². The summed E-state index contributed by atoms with van der Waals surface area (Å²) >= 11 is 5.91. The van der Waals surface area contributed by atoms with E-state index in [0.717, 1.165) is 42.2 Å². The number of amides is 1. The molecule has 1 atom stereocenters. The molecule has 0 radical (unpaired) electrons. The molecule has 1 saturated heterocycles. The molecular formula is C20H22ClN5O. The predicted molar refractivity (Wildman–Crippen MR) is 106 cm³/mol. The summed E-state index contributed by atoms with van der Waals surface area (Å²) in [6.45, 7) is 4.09. The monoisotopic (exact) mass is 383 g/mol. The van der Waals surface area contributed by atoms with Gasteiger partial charge in [-0.15, -0.1) is 10.2 Å². The number of hydrogen-bond acceptors (Lipinski definition) is 4. The Morgan fingerprint density at radius 2 is 2.04 bits per heavy atom. The molecule has 1 amide bonds. The molecule has 0 spiro atoms. The lowest BCUT2D eigenvalue weighted by molar-refractivity contribution is -0.125. The number of benzene rings is 1. The summed E-state index contributed by atoms with van der Waals surface area (Å²) in [5.74, 6) is 0.848. The minimum atomic E-state index is -0.0533. The quantitative estimate of drug-likeness (QED) is 0.751. The Kier molecular flexibility index (Phi) is 4.99. The third kappa shape index (κ3) is 3.76. The smallest absolute Gasteiger partial charge is 0.231 e. The third-order valence-electron chi connectivity index (χ3n) is 5.06. The number of halogens is 1. The van der Waals surface area contributed by atoms with E-state index in [9.17, 15) is 4.79 Å². The highest BCUT2D eigenvalue weighted by molar-refractivity contribution is 6.30. The Morgan fingerprint density at radius 1 is 1.22 bits per heavy atom. The van der Waals surface area contributed by atoms with Crippen LogP contribution in [0, 0.1) is 12.8 Å². The molecule has 3 heterocycles. The topological polar surface area (TPSA) is 62.5 Å². The van der Waals surface area contributed by atoms with Crippen molar-refractivity contribution in [3.63, 3.8) is 0 Å². The van der Waals surface area contributed by atoms with Crippen LogP contribution in [-0.4, -0.2) is 33.6 Å². The van der Waals surface area contributed by atoms with Crippen molar-refractivity contribution in [1.29, 1.82) is 0 Å². The zero-order chi connectivity index (χ0) is 18.8. The predicted octanol–water partition coefficient (Wildman–Crippen LogP) is 3.22. The number of pyridine rings is 1. The van der Waals surface area contributed by atoms with E-state index in [1.54, 1.807) is 0 Å². The highest BCUT2D eigenvalue weighted by atomic mass is 35.5. The number of piperidine rings is 1. The van der Waals surface area contributed by atoms with Crippen molar-refractivity contribution in [2.45, 2.75) is 26.3 Å². The number of anilines is 1. The maximum absolute atomic E-state index is 12.7. The van der Waals surface area contributed by atoms with Gasteiger partial charge in [0.25, 0.3) is 0 Å². The van der Waals surface area contributed by atoms with E-state index in [1.165, 1.54) is 0 Å². The largest absolute Gasteiger partial charge is 0.352 e. The van der Waals surface area contributed by atoms with Gasteiger partial charge in [0.15, 0.2) is 5.65 Å². The zero-order valence-electron chi connectivity index (χ0n) is 15.2. The molecule has 1 aromatic carbocycles. The van der Waals surface area contributed by atoms with Crippen LogP contribution in [-0.2, 0) is 11.3 Å². The molecule has 1 aliphatic rings. The highest BCUT2D eigenvalue weighted by Crippen LogP contribution is 2.23. The minimum absolute atomic E-state index is 0.0533. The van der Waals surface area contributed by atoms with Crippen molar-refractivity contribution in [1.82, 2.24) is 19.9 Å². The number of nitrogens with zero attached hydrogens (tertiary/aromatic N) is 4. The first-order valence-corrected chi connectivity index (χ1v) is 9.57. The van der Waals surface area contributed by atoms with Gasteiger partial charge in [-0.2, -0.15) is 0 Å². The van der Waals surface area contributed by atoms with Gasteiger partial charge in [-0.3, -0.25) is 9.20 Å². The third-order valence-corrected chi connectivity index (χ3v) is 5.31. The van der Waals surface area contributed by atoms with Gasteiger partial charge in [0, 0.05) is 30.4 Å². The van der Waals surface area contributed by atoms with Crippen molar-refractivity contribution in [2.24, 2.45) is 5.92 Å². The molecule has 2 aromatic heterocycles. The van der Waals surface area contributed by atoms with E-state index in [2.05, 4.69) is 20.4 Å². The van der Waals surface area contributed by atoms with Gasteiger partial charge in [-0.25, -0.2) is 0 Å². The average molecular weight is 384 g/mol. The van der Waals surface area contributed by atoms with Crippen LogP contribution in [0.25, 0.3) is 5.65 Å². The Hall–Kier alpha value is -2.60. The summed E-state index contributed by atoms with van der Waals surface area (Å²) in [4.78, 5) is 14.8. The Labute approximate surface area is 163 Å². The molecule has 140 valence electrons. The van der Waals surface area contributed by atoms with Gasteiger partial charge in [0.2, 0.25) is 11.9 Å². The van der Waals surface area contributed by atoms with Crippen LogP contribution in [0.1, 0.15) is 24.1 Å². The summed E-state index contributed by atoms with van der Waals surface area (Å²) in [6.07, 6.45) is 1.85. The Morgan fingerprint density at radius 3 is 2.85 bits per heavy atom. The van der Waals surface area contributed by atoms with Crippen molar-refractivity contribution < 1.29 is 4.79 Å². The van der Waals surface area contributed by atoms with Gasteiger partial charge in [0.05, 0.1) is 5.92 Å². The lowest BCUT2D eigenvalue weighted by Gasteiger charge is -2.32. The normalized spacial score (nSPS) is 17.3. The standard InChI is InChI=1S/C20H22ClN5O/c1-14-4-2-6-18-23-24-20(26(14)18)25-11-3-5-16(13-25)19(27)22-12-15-7-9-17(21)10-8-15/h2,4,6-10,16H,3,5,11-13H2,1H3,(H,22,27)/t16-/m0/s1. The van der Waals surface area contributed by atoms with Crippen LogP contribution >= 0.6 is 11.6 Å². The molecule has 4 rings (SSSR count). The van der Waals surface area contributed by atoms with E-state index in [4.69, 9.17) is 11.6 Å². The first kappa shape index (κ1) is 17.8. The summed E-state index contributed by atoms with van der Waals surface area (Å²) in [5, 5.41) is 12.4. The number of aromatic nitrogens is 3. The van der Waals surface area contributed by atoms with Gasteiger partial charge >= 0.3 is 0 Å². The second-order valence-electron chi connectivity index (χ2n) is 6.99. The maximum atomic E-state index is 12.7.